The maximum absolute atomic E-state index is 13.9. The van der Waals surface area contributed by atoms with Crippen molar-refractivity contribution in [3.63, 3.8) is 0 Å². The second-order valence-corrected chi connectivity index (χ2v) is 6.52. The molecule has 1 aliphatic rings. The van der Waals surface area contributed by atoms with Crippen LogP contribution in [0.25, 0.3) is 0 Å². The zero-order valence-electron chi connectivity index (χ0n) is 14.1. The molecule has 0 heterocycles. The first-order valence-electron chi connectivity index (χ1n) is 8.46. The first kappa shape index (κ1) is 17.4. The Bertz CT molecular complexity index is 731. The number of carbonyl (C=O) groups is 1. The lowest BCUT2D eigenvalue weighted by Crippen LogP contribution is -2.37. The molecule has 2 aromatic rings. The van der Waals surface area contributed by atoms with Gasteiger partial charge in [0.15, 0.2) is 0 Å². The van der Waals surface area contributed by atoms with Crippen molar-refractivity contribution in [3.05, 3.63) is 71.0 Å². The molecule has 132 valence electrons. The number of ether oxygens (including phenoxy) is 1. The number of aryl methyl sites for hydroxylation is 1. The van der Waals surface area contributed by atoms with E-state index in [1.807, 2.05) is 30.3 Å². The standard InChI is InChI=1S/C20H22FNO3/c1-13-7-8-16(11-17(13)21)18(19(23)15-9-10-15)22-20(24)25-12-14-5-3-2-4-6-14/h2-8,11,15,18-19,23H,9-10,12H2,1H3,(H,22,24). The number of rotatable bonds is 6. The summed E-state index contributed by atoms with van der Waals surface area (Å²) in [5, 5.41) is 13.2. The SMILES string of the molecule is Cc1ccc(C(NC(=O)OCc2ccccc2)C(O)C2CC2)cc1F. The number of nitrogens with one attached hydrogen (secondary N) is 1. The van der Waals surface area contributed by atoms with Crippen molar-refractivity contribution in [1.29, 1.82) is 0 Å². The van der Waals surface area contributed by atoms with E-state index in [1.165, 1.54) is 6.07 Å². The fourth-order valence-electron chi connectivity index (χ4n) is 2.77. The summed E-state index contributed by atoms with van der Waals surface area (Å²) in [6.45, 7) is 1.81. The van der Waals surface area contributed by atoms with Gasteiger partial charge in [-0.3, -0.25) is 0 Å². The first-order valence-corrected chi connectivity index (χ1v) is 8.46. The maximum atomic E-state index is 13.9. The Morgan fingerprint density at radius 2 is 2.00 bits per heavy atom. The van der Waals surface area contributed by atoms with Crippen molar-refractivity contribution in [1.82, 2.24) is 5.32 Å². The Hall–Kier alpha value is -2.40. The maximum Gasteiger partial charge on any atom is 0.408 e. The Kier molecular flexibility index (Phi) is 5.34. The van der Waals surface area contributed by atoms with E-state index in [0.29, 0.717) is 11.1 Å². The highest BCUT2D eigenvalue weighted by Crippen LogP contribution is 2.38. The second-order valence-electron chi connectivity index (χ2n) is 6.52. The molecule has 5 heteroatoms. The van der Waals surface area contributed by atoms with Gasteiger partial charge in [0.1, 0.15) is 12.4 Å². The molecule has 0 aliphatic heterocycles. The van der Waals surface area contributed by atoms with Crippen LogP contribution in [0, 0.1) is 18.7 Å². The molecule has 2 N–H and O–H groups in total. The van der Waals surface area contributed by atoms with Crippen molar-refractivity contribution in [2.75, 3.05) is 0 Å². The Morgan fingerprint density at radius 3 is 2.64 bits per heavy atom. The average Bonchev–Trinajstić information content (AvgIpc) is 3.46. The van der Waals surface area contributed by atoms with Gasteiger partial charge in [0, 0.05) is 0 Å². The third-order valence-electron chi connectivity index (χ3n) is 4.49. The summed E-state index contributed by atoms with van der Waals surface area (Å²) in [4.78, 5) is 12.2. The van der Waals surface area contributed by atoms with Crippen LogP contribution in [0.5, 0.6) is 0 Å². The Labute approximate surface area is 146 Å². The van der Waals surface area contributed by atoms with Crippen LogP contribution in [-0.4, -0.2) is 17.3 Å². The molecule has 4 nitrogen and oxygen atoms in total. The number of aliphatic hydroxyl groups excluding tert-OH is 1. The minimum atomic E-state index is -0.758. The normalized spacial score (nSPS) is 16.1. The van der Waals surface area contributed by atoms with E-state index in [-0.39, 0.29) is 18.3 Å². The molecule has 1 fully saturated rings. The molecule has 2 unspecified atom stereocenters. The van der Waals surface area contributed by atoms with Crippen molar-refractivity contribution in [3.8, 4) is 0 Å². The molecule has 0 spiro atoms. The number of hydrogen-bond acceptors (Lipinski definition) is 3. The summed E-state index contributed by atoms with van der Waals surface area (Å²) < 4.78 is 19.1. The van der Waals surface area contributed by atoms with Gasteiger partial charge in [-0.15, -0.1) is 0 Å². The van der Waals surface area contributed by atoms with Crippen LogP contribution >= 0.6 is 0 Å². The van der Waals surface area contributed by atoms with Crippen LogP contribution in [0.4, 0.5) is 9.18 Å². The number of hydrogen-bond donors (Lipinski definition) is 2. The molecule has 0 radical (unpaired) electrons. The summed E-state index contributed by atoms with van der Waals surface area (Å²) in [6.07, 6.45) is 0.431. The van der Waals surface area contributed by atoms with Gasteiger partial charge >= 0.3 is 6.09 Å². The van der Waals surface area contributed by atoms with Crippen molar-refractivity contribution in [2.24, 2.45) is 5.92 Å². The summed E-state index contributed by atoms with van der Waals surface area (Å²) in [7, 11) is 0. The molecular weight excluding hydrogens is 321 g/mol. The number of carbonyl (C=O) groups excluding carboxylic acids is 1. The zero-order valence-corrected chi connectivity index (χ0v) is 14.1. The lowest BCUT2D eigenvalue weighted by atomic mass is 9.97. The molecule has 0 aromatic heterocycles. The van der Waals surface area contributed by atoms with Gasteiger partial charge in [-0.2, -0.15) is 0 Å². The van der Waals surface area contributed by atoms with Gasteiger partial charge in [0.25, 0.3) is 0 Å². The third-order valence-corrected chi connectivity index (χ3v) is 4.49. The highest BCUT2D eigenvalue weighted by atomic mass is 19.1. The minimum Gasteiger partial charge on any atom is -0.445 e. The fourth-order valence-corrected chi connectivity index (χ4v) is 2.77. The van der Waals surface area contributed by atoms with Crippen molar-refractivity contribution < 1.29 is 19.0 Å². The molecule has 2 aromatic carbocycles. The second kappa shape index (κ2) is 7.66. The monoisotopic (exact) mass is 343 g/mol. The van der Waals surface area contributed by atoms with Crippen LogP contribution < -0.4 is 5.32 Å². The molecule has 2 atom stereocenters. The summed E-state index contributed by atoms with van der Waals surface area (Å²) >= 11 is 0. The van der Waals surface area contributed by atoms with Gasteiger partial charge < -0.3 is 15.2 Å². The van der Waals surface area contributed by atoms with Crippen LogP contribution in [0.1, 0.15) is 35.6 Å². The summed E-state index contributed by atoms with van der Waals surface area (Å²) in [5.74, 6) is -0.228. The number of benzene rings is 2. The highest BCUT2D eigenvalue weighted by molar-refractivity contribution is 5.68. The van der Waals surface area contributed by atoms with Crippen molar-refractivity contribution in [2.45, 2.75) is 38.5 Å². The molecule has 1 aliphatic carbocycles. The predicted molar refractivity (Wildman–Crippen MR) is 92.4 cm³/mol. The molecule has 1 saturated carbocycles. The van der Waals surface area contributed by atoms with E-state index in [9.17, 15) is 14.3 Å². The zero-order chi connectivity index (χ0) is 17.8. The lowest BCUT2D eigenvalue weighted by molar-refractivity contribution is 0.0888. The summed E-state index contributed by atoms with van der Waals surface area (Å²) in [6, 6.07) is 13.4. The average molecular weight is 343 g/mol. The quantitative estimate of drug-likeness (QED) is 0.837. The van der Waals surface area contributed by atoms with Crippen molar-refractivity contribution >= 4 is 6.09 Å². The smallest absolute Gasteiger partial charge is 0.408 e. The van der Waals surface area contributed by atoms with Crippen LogP contribution in [0.3, 0.4) is 0 Å². The minimum absolute atomic E-state index is 0.129. The molecule has 1 amide bonds. The predicted octanol–water partition coefficient (Wildman–Crippen LogP) is 3.87. The van der Waals surface area contributed by atoms with Crippen LogP contribution in [0.15, 0.2) is 48.5 Å². The van der Waals surface area contributed by atoms with Crippen LogP contribution in [0.2, 0.25) is 0 Å². The molecule has 3 rings (SSSR count). The Balaban J connectivity index is 1.68. The third kappa shape index (κ3) is 4.57. The molecule has 0 saturated heterocycles. The van der Waals surface area contributed by atoms with Gasteiger partial charge in [-0.1, -0.05) is 42.5 Å². The van der Waals surface area contributed by atoms with E-state index in [1.54, 1.807) is 19.1 Å². The largest absolute Gasteiger partial charge is 0.445 e. The van der Waals surface area contributed by atoms with E-state index in [2.05, 4.69) is 5.32 Å². The van der Waals surface area contributed by atoms with Gasteiger partial charge in [0.05, 0.1) is 12.1 Å². The van der Waals surface area contributed by atoms with E-state index in [4.69, 9.17) is 4.74 Å². The topological polar surface area (TPSA) is 58.6 Å². The lowest BCUT2D eigenvalue weighted by Gasteiger charge is -2.24. The number of aliphatic hydroxyl groups is 1. The van der Waals surface area contributed by atoms with E-state index in [0.717, 1.165) is 18.4 Å². The fraction of sp³-hybridized carbons (Fsp3) is 0.350. The highest BCUT2D eigenvalue weighted by Gasteiger charge is 2.37. The van der Waals surface area contributed by atoms with Gasteiger partial charge in [-0.25, -0.2) is 9.18 Å². The summed E-state index contributed by atoms with van der Waals surface area (Å²) in [5.41, 5.74) is 1.94. The van der Waals surface area contributed by atoms with E-state index < -0.39 is 18.2 Å². The number of halogens is 1. The molecule has 0 bridgehead atoms. The molecular formula is C20H22FNO3. The Morgan fingerprint density at radius 1 is 1.28 bits per heavy atom. The number of alkyl carbamates (subject to hydrolysis) is 1. The molecule has 25 heavy (non-hydrogen) atoms. The number of amides is 1. The van der Waals surface area contributed by atoms with E-state index >= 15 is 0 Å². The van der Waals surface area contributed by atoms with Crippen LogP contribution in [-0.2, 0) is 11.3 Å². The van der Waals surface area contributed by atoms with Gasteiger partial charge in [-0.05, 0) is 48.4 Å². The first-order chi connectivity index (χ1) is 12.0. The van der Waals surface area contributed by atoms with Gasteiger partial charge in [0.2, 0.25) is 0 Å².